The van der Waals surface area contributed by atoms with Crippen LogP contribution in [0.5, 0.6) is 17.2 Å². The first kappa shape index (κ1) is 15.9. The normalized spacial score (nSPS) is 19.3. The molecule has 0 saturated carbocycles. The third kappa shape index (κ3) is 3.80. The molecule has 5 heteroatoms. The molecule has 0 aliphatic carbocycles. The Kier molecular flexibility index (Phi) is 5.70. The van der Waals surface area contributed by atoms with Crippen molar-refractivity contribution < 1.29 is 18.9 Å². The number of hydrogen-bond donors (Lipinski definition) is 1. The van der Waals surface area contributed by atoms with Crippen LogP contribution in [0, 0.1) is 0 Å². The lowest BCUT2D eigenvalue weighted by molar-refractivity contribution is 0.0831. The SMILES string of the molecule is COc1cc(OC)c(OC)cc1CNC(C)C1CCCO1. The predicted molar refractivity (Wildman–Crippen MR) is 81.4 cm³/mol. The van der Waals surface area contributed by atoms with E-state index in [1.165, 1.54) is 0 Å². The zero-order chi connectivity index (χ0) is 15.2. The highest BCUT2D eigenvalue weighted by Gasteiger charge is 2.22. The smallest absolute Gasteiger partial charge is 0.164 e. The van der Waals surface area contributed by atoms with Crippen LogP contribution in [0.4, 0.5) is 0 Å². The molecule has 1 heterocycles. The monoisotopic (exact) mass is 295 g/mol. The lowest BCUT2D eigenvalue weighted by atomic mass is 10.1. The van der Waals surface area contributed by atoms with Crippen molar-refractivity contribution in [1.82, 2.24) is 5.32 Å². The molecule has 1 fully saturated rings. The van der Waals surface area contributed by atoms with E-state index in [0.29, 0.717) is 30.2 Å². The standard InChI is InChI=1S/C16H25NO4/c1-11(13-6-5-7-21-13)17-10-12-8-15(19-3)16(20-4)9-14(12)18-2/h8-9,11,13,17H,5-7,10H2,1-4H3. The van der Waals surface area contributed by atoms with Gasteiger partial charge < -0.3 is 24.3 Å². The largest absolute Gasteiger partial charge is 0.496 e. The van der Waals surface area contributed by atoms with Crippen molar-refractivity contribution in [3.05, 3.63) is 17.7 Å². The van der Waals surface area contributed by atoms with Crippen molar-refractivity contribution in [2.75, 3.05) is 27.9 Å². The zero-order valence-electron chi connectivity index (χ0n) is 13.3. The number of nitrogens with one attached hydrogen (secondary N) is 1. The second-order valence-corrected chi connectivity index (χ2v) is 5.24. The van der Waals surface area contributed by atoms with Gasteiger partial charge in [0.2, 0.25) is 0 Å². The molecule has 0 aromatic heterocycles. The van der Waals surface area contributed by atoms with Gasteiger partial charge in [-0.15, -0.1) is 0 Å². The van der Waals surface area contributed by atoms with Gasteiger partial charge in [-0.1, -0.05) is 0 Å². The third-order valence-corrected chi connectivity index (χ3v) is 3.92. The molecule has 2 atom stereocenters. The zero-order valence-corrected chi connectivity index (χ0v) is 13.3. The Bertz CT molecular complexity index is 458. The summed E-state index contributed by atoms with van der Waals surface area (Å²) in [6.45, 7) is 3.73. The Labute approximate surface area is 126 Å². The maximum atomic E-state index is 5.70. The first-order valence-corrected chi connectivity index (χ1v) is 7.33. The van der Waals surface area contributed by atoms with Crippen LogP contribution in [-0.4, -0.2) is 40.1 Å². The number of methoxy groups -OCH3 is 3. The molecular weight excluding hydrogens is 270 g/mol. The second kappa shape index (κ2) is 7.52. The fourth-order valence-corrected chi connectivity index (χ4v) is 2.63. The topological polar surface area (TPSA) is 49.0 Å². The van der Waals surface area contributed by atoms with Crippen LogP contribution in [0.25, 0.3) is 0 Å². The van der Waals surface area contributed by atoms with Crippen LogP contribution in [0.2, 0.25) is 0 Å². The number of benzene rings is 1. The lowest BCUT2D eigenvalue weighted by Gasteiger charge is -2.21. The van der Waals surface area contributed by atoms with Gasteiger partial charge in [-0.05, 0) is 25.8 Å². The van der Waals surface area contributed by atoms with Crippen molar-refractivity contribution in [2.24, 2.45) is 0 Å². The minimum atomic E-state index is 0.302. The van der Waals surface area contributed by atoms with Crippen LogP contribution in [0.15, 0.2) is 12.1 Å². The quantitative estimate of drug-likeness (QED) is 0.837. The average molecular weight is 295 g/mol. The highest BCUT2D eigenvalue weighted by atomic mass is 16.5. The number of hydrogen-bond acceptors (Lipinski definition) is 5. The van der Waals surface area contributed by atoms with Gasteiger partial charge in [-0.2, -0.15) is 0 Å². The van der Waals surface area contributed by atoms with Gasteiger partial charge in [0.1, 0.15) is 5.75 Å². The Hall–Kier alpha value is -1.46. The van der Waals surface area contributed by atoms with Gasteiger partial charge in [0, 0.05) is 30.8 Å². The van der Waals surface area contributed by atoms with Gasteiger partial charge in [0.25, 0.3) is 0 Å². The molecule has 1 aromatic rings. The molecule has 21 heavy (non-hydrogen) atoms. The molecule has 2 rings (SSSR count). The van der Waals surface area contributed by atoms with Crippen molar-refractivity contribution in [3.63, 3.8) is 0 Å². The van der Waals surface area contributed by atoms with E-state index in [2.05, 4.69) is 12.2 Å². The van der Waals surface area contributed by atoms with Crippen LogP contribution < -0.4 is 19.5 Å². The average Bonchev–Trinajstić information content (AvgIpc) is 3.06. The number of rotatable bonds is 7. The van der Waals surface area contributed by atoms with E-state index in [-0.39, 0.29) is 0 Å². The molecule has 5 nitrogen and oxygen atoms in total. The fraction of sp³-hybridized carbons (Fsp3) is 0.625. The van der Waals surface area contributed by atoms with E-state index in [1.54, 1.807) is 21.3 Å². The Morgan fingerprint density at radius 1 is 1.14 bits per heavy atom. The summed E-state index contributed by atoms with van der Waals surface area (Å²) in [6.07, 6.45) is 2.57. The third-order valence-electron chi connectivity index (χ3n) is 3.92. The molecular formula is C16H25NO4. The minimum absolute atomic E-state index is 0.302. The van der Waals surface area contributed by atoms with Gasteiger partial charge in [-0.25, -0.2) is 0 Å². The maximum absolute atomic E-state index is 5.70. The van der Waals surface area contributed by atoms with E-state index in [1.807, 2.05) is 12.1 Å². The van der Waals surface area contributed by atoms with Gasteiger partial charge in [0.05, 0.1) is 27.4 Å². The molecule has 118 valence electrons. The molecule has 0 radical (unpaired) electrons. The molecule has 1 N–H and O–H groups in total. The highest BCUT2D eigenvalue weighted by molar-refractivity contribution is 5.50. The van der Waals surface area contributed by atoms with Gasteiger partial charge in [0.15, 0.2) is 11.5 Å². The highest BCUT2D eigenvalue weighted by Crippen LogP contribution is 2.34. The molecule has 1 aliphatic rings. The summed E-state index contributed by atoms with van der Waals surface area (Å²) in [5.74, 6) is 2.17. The summed E-state index contributed by atoms with van der Waals surface area (Å²) in [5, 5.41) is 3.50. The molecule has 0 bridgehead atoms. The molecule has 2 unspecified atom stereocenters. The molecule has 1 aliphatic heterocycles. The minimum Gasteiger partial charge on any atom is -0.496 e. The summed E-state index contributed by atoms with van der Waals surface area (Å²) >= 11 is 0. The van der Waals surface area contributed by atoms with Gasteiger partial charge in [-0.3, -0.25) is 0 Å². The Morgan fingerprint density at radius 2 is 1.81 bits per heavy atom. The Balaban J connectivity index is 2.07. The Morgan fingerprint density at radius 3 is 2.38 bits per heavy atom. The van der Waals surface area contributed by atoms with Crippen LogP contribution >= 0.6 is 0 Å². The summed E-state index contributed by atoms with van der Waals surface area (Å²) in [4.78, 5) is 0. The van der Waals surface area contributed by atoms with E-state index in [9.17, 15) is 0 Å². The molecule has 0 amide bonds. The second-order valence-electron chi connectivity index (χ2n) is 5.24. The fourth-order valence-electron chi connectivity index (χ4n) is 2.63. The molecule has 0 spiro atoms. The van der Waals surface area contributed by atoms with Crippen molar-refractivity contribution >= 4 is 0 Å². The summed E-state index contributed by atoms with van der Waals surface area (Å²) < 4.78 is 21.8. The first-order chi connectivity index (χ1) is 10.2. The van der Waals surface area contributed by atoms with Crippen LogP contribution in [0.3, 0.4) is 0 Å². The van der Waals surface area contributed by atoms with E-state index >= 15 is 0 Å². The van der Waals surface area contributed by atoms with E-state index in [0.717, 1.165) is 30.8 Å². The molecule has 1 aromatic carbocycles. The maximum Gasteiger partial charge on any atom is 0.164 e. The van der Waals surface area contributed by atoms with Crippen molar-refractivity contribution in [1.29, 1.82) is 0 Å². The number of ether oxygens (including phenoxy) is 4. The van der Waals surface area contributed by atoms with E-state index in [4.69, 9.17) is 18.9 Å². The lowest BCUT2D eigenvalue weighted by Crippen LogP contribution is -2.36. The first-order valence-electron chi connectivity index (χ1n) is 7.33. The summed E-state index contributed by atoms with van der Waals surface area (Å²) in [5.41, 5.74) is 1.04. The van der Waals surface area contributed by atoms with Crippen LogP contribution in [0.1, 0.15) is 25.3 Å². The molecule has 1 saturated heterocycles. The van der Waals surface area contributed by atoms with Gasteiger partial charge >= 0.3 is 0 Å². The van der Waals surface area contributed by atoms with Crippen LogP contribution in [-0.2, 0) is 11.3 Å². The summed E-state index contributed by atoms with van der Waals surface area (Å²) in [6, 6.07) is 4.12. The predicted octanol–water partition coefficient (Wildman–Crippen LogP) is 2.37. The van der Waals surface area contributed by atoms with E-state index < -0.39 is 0 Å². The van der Waals surface area contributed by atoms with Crippen molar-refractivity contribution in [3.8, 4) is 17.2 Å². The van der Waals surface area contributed by atoms with Crippen molar-refractivity contribution in [2.45, 2.75) is 38.5 Å². The summed E-state index contributed by atoms with van der Waals surface area (Å²) in [7, 11) is 4.92.